The Bertz CT molecular complexity index is 938. The van der Waals surface area contributed by atoms with E-state index in [9.17, 15) is 14.0 Å². The number of hydrogen-bond acceptors (Lipinski definition) is 3. The van der Waals surface area contributed by atoms with Gasteiger partial charge in [0.1, 0.15) is 18.2 Å². The van der Waals surface area contributed by atoms with Crippen LogP contribution in [0.1, 0.15) is 29.5 Å². The smallest absolute Gasteiger partial charge is 0.229 e. The summed E-state index contributed by atoms with van der Waals surface area (Å²) in [6.45, 7) is 3.59. The molecule has 6 heteroatoms. The van der Waals surface area contributed by atoms with Crippen molar-refractivity contribution in [2.45, 2.75) is 32.7 Å². The van der Waals surface area contributed by atoms with Crippen LogP contribution >= 0.6 is 0 Å². The number of fused-ring (bicyclic) bond motifs is 1. The zero-order chi connectivity index (χ0) is 21.1. The number of halogens is 1. The molecule has 2 heterocycles. The highest BCUT2D eigenvalue weighted by Crippen LogP contribution is 2.29. The third kappa shape index (κ3) is 4.48. The minimum absolute atomic E-state index is 0.0296. The molecule has 2 amide bonds. The maximum atomic E-state index is 13.7. The summed E-state index contributed by atoms with van der Waals surface area (Å²) < 4.78 is 19.4. The number of likely N-dealkylation sites (tertiary alicyclic amines) is 1. The van der Waals surface area contributed by atoms with Crippen LogP contribution in [-0.2, 0) is 22.6 Å². The van der Waals surface area contributed by atoms with Crippen molar-refractivity contribution in [3.8, 4) is 5.75 Å². The van der Waals surface area contributed by atoms with Crippen molar-refractivity contribution in [3.05, 3.63) is 65.0 Å². The highest BCUT2D eigenvalue weighted by molar-refractivity contribution is 5.81. The number of hydrogen-bond donors (Lipinski definition) is 1. The first-order valence-corrected chi connectivity index (χ1v) is 10.5. The molecule has 2 aromatic rings. The van der Waals surface area contributed by atoms with E-state index in [1.165, 1.54) is 6.07 Å². The molecule has 5 nitrogen and oxygen atoms in total. The molecule has 30 heavy (non-hydrogen) atoms. The van der Waals surface area contributed by atoms with Crippen molar-refractivity contribution in [2.75, 3.05) is 19.7 Å². The molecule has 2 aromatic carbocycles. The van der Waals surface area contributed by atoms with Gasteiger partial charge in [-0.15, -0.1) is 0 Å². The van der Waals surface area contributed by atoms with Crippen molar-refractivity contribution < 1.29 is 18.7 Å². The van der Waals surface area contributed by atoms with E-state index in [4.69, 9.17) is 4.74 Å². The molecule has 0 aliphatic carbocycles. The summed E-state index contributed by atoms with van der Waals surface area (Å²) in [7, 11) is 0. The lowest BCUT2D eigenvalue weighted by Crippen LogP contribution is -2.46. The quantitative estimate of drug-likeness (QED) is 0.842. The van der Waals surface area contributed by atoms with Gasteiger partial charge in [0, 0.05) is 25.6 Å². The lowest BCUT2D eigenvalue weighted by atomic mass is 9.92. The molecule has 4 rings (SSSR count). The molecule has 2 aliphatic rings. The zero-order valence-electron chi connectivity index (χ0n) is 17.2. The fraction of sp³-hybridized carbons (Fsp3) is 0.417. The van der Waals surface area contributed by atoms with Gasteiger partial charge in [-0.2, -0.15) is 0 Å². The van der Waals surface area contributed by atoms with E-state index < -0.39 is 0 Å². The molecule has 0 saturated carbocycles. The molecule has 1 N–H and O–H groups in total. The van der Waals surface area contributed by atoms with E-state index in [-0.39, 0.29) is 29.5 Å². The monoisotopic (exact) mass is 410 g/mol. The van der Waals surface area contributed by atoms with E-state index in [2.05, 4.69) is 5.32 Å². The number of carbonyl (C=O) groups excluding carboxylic acids is 2. The van der Waals surface area contributed by atoms with E-state index >= 15 is 0 Å². The Morgan fingerprint density at radius 2 is 1.90 bits per heavy atom. The van der Waals surface area contributed by atoms with Crippen molar-refractivity contribution in [1.29, 1.82) is 0 Å². The van der Waals surface area contributed by atoms with Crippen LogP contribution in [0.4, 0.5) is 4.39 Å². The minimum atomic E-state index is -0.261. The van der Waals surface area contributed by atoms with E-state index in [1.807, 2.05) is 35.2 Å². The summed E-state index contributed by atoms with van der Waals surface area (Å²) in [5.74, 6) is 0.402. The number of piperidine rings is 1. The van der Waals surface area contributed by atoms with Gasteiger partial charge in [-0.1, -0.05) is 30.3 Å². The van der Waals surface area contributed by atoms with Crippen molar-refractivity contribution in [3.63, 3.8) is 0 Å². The average molecular weight is 410 g/mol. The van der Waals surface area contributed by atoms with Gasteiger partial charge in [0.05, 0.1) is 5.92 Å². The van der Waals surface area contributed by atoms with Gasteiger partial charge in [0.25, 0.3) is 0 Å². The molecule has 0 spiro atoms. The Labute approximate surface area is 176 Å². The van der Waals surface area contributed by atoms with Crippen molar-refractivity contribution in [2.24, 2.45) is 11.8 Å². The van der Waals surface area contributed by atoms with Crippen LogP contribution in [0.25, 0.3) is 0 Å². The second-order valence-electron chi connectivity index (χ2n) is 8.22. The van der Waals surface area contributed by atoms with Gasteiger partial charge >= 0.3 is 0 Å². The normalized spacial score (nSPS) is 19.0. The predicted octanol–water partition coefficient (Wildman–Crippen LogP) is 3.24. The summed E-state index contributed by atoms with van der Waals surface area (Å²) in [6, 6.07) is 12.8. The van der Waals surface area contributed by atoms with Gasteiger partial charge in [-0.3, -0.25) is 9.59 Å². The van der Waals surface area contributed by atoms with Gasteiger partial charge in [-0.25, -0.2) is 4.39 Å². The van der Waals surface area contributed by atoms with E-state index in [0.29, 0.717) is 51.1 Å². The number of para-hydroxylation sites is 1. The molecule has 0 aromatic heterocycles. The van der Waals surface area contributed by atoms with Gasteiger partial charge in [0.2, 0.25) is 11.8 Å². The Morgan fingerprint density at radius 3 is 2.67 bits per heavy atom. The highest BCUT2D eigenvalue weighted by atomic mass is 19.1. The van der Waals surface area contributed by atoms with E-state index in [1.54, 1.807) is 13.0 Å². The molecule has 0 bridgehead atoms. The third-order valence-corrected chi connectivity index (χ3v) is 6.11. The Kier molecular flexibility index (Phi) is 6.02. The molecule has 158 valence electrons. The van der Waals surface area contributed by atoms with Crippen LogP contribution in [0.5, 0.6) is 5.75 Å². The van der Waals surface area contributed by atoms with Gasteiger partial charge < -0.3 is 15.0 Å². The average Bonchev–Trinajstić information content (AvgIpc) is 2.79. The zero-order valence-corrected chi connectivity index (χ0v) is 17.2. The second-order valence-corrected chi connectivity index (χ2v) is 8.22. The molecule has 1 unspecified atom stereocenters. The maximum absolute atomic E-state index is 13.7. The maximum Gasteiger partial charge on any atom is 0.229 e. The SMILES string of the molecule is Cc1ccc(CNC(=O)C2CCN(C(=O)C3COc4ccccc4C3)CC2)cc1F. The molecule has 2 aliphatic heterocycles. The Morgan fingerprint density at radius 1 is 1.13 bits per heavy atom. The largest absolute Gasteiger partial charge is 0.492 e. The minimum Gasteiger partial charge on any atom is -0.492 e. The van der Waals surface area contributed by atoms with Crippen molar-refractivity contribution in [1.82, 2.24) is 10.2 Å². The molecule has 0 radical (unpaired) electrons. The van der Waals surface area contributed by atoms with Gasteiger partial charge in [0.15, 0.2) is 0 Å². The summed E-state index contributed by atoms with van der Waals surface area (Å²) >= 11 is 0. The number of nitrogens with zero attached hydrogens (tertiary/aromatic N) is 1. The first-order valence-electron chi connectivity index (χ1n) is 10.5. The molecule has 1 saturated heterocycles. The first kappa shape index (κ1) is 20.4. The summed E-state index contributed by atoms with van der Waals surface area (Å²) in [6.07, 6.45) is 1.98. The molecular weight excluding hydrogens is 383 g/mol. The Balaban J connectivity index is 1.25. The number of nitrogens with one attached hydrogen (secondary N) is 1. The standard InChI is InChI=1S/C24H27FN2O3/c1-16-6-7-17(12-21(16)25)14-26-23(28)18-8-10-27(11-9-18)24(29)20-13-19-4-2-3-5-22(19)30-15-20/h2-7,12,18,20H,8-11,13-15H2,1H3,(H,26,28). The predicted molar refractivity (Wildman–Crippen MR) is 111 cm³/mol. The summed E-state index contributed by atoms with van der Waals surface area (Å²) in [5.41, 5.74) is 2.41. The number of rotatable bonds is 4. The topological polar surface area (TPSA) is 58.6 Å². The number of amides is 2. The number of benzene rings is 2. The fourth-order valence-corrected chi connectivity index (χ4v) is 4.19. The fourth-order valence-electron chi connectivity index (χ4n) is 4.19. The summed E-state index contributed by atoms with van der Waals surface area (Å²) in [5, 5.41) is 2.90. The third-order valence-electron chi connectivity index (χ3n) is 6.11. The molecular formula is C24H27FN2O3. The van der Waals surface area contributed by atoms with Crippen LogP contribution in [0.2, 0.25) is 0 Å². The lowest BCUT2D eigenvalue weighted by molar-refractivity contribution is -0.140. The lowest BCUT2D eigenvalue weighted by Gasteiger charge is -2.35. The number of carbonyl (C=O) groups is 2. The van der Waals surface area contributed by atoms with Crippen LogP contribution in [0, 0.1) is 24.6 Å². The van der Waals surface area contributed by atoms with Crippen LogP contribution in [-0.4, -0.2) is 36.4 Å². The number of ether oxygens (including phenoxy) is 1. The van der Waals surface area contributed by atoms with E-state index in [0.717, 1.165) is 16.9 Å². The van der Waals surface area contributed by atoms with Gasteiger partial charge in [-0.05, 0) is 55.0 Å². The van der Waals surface area contributed by atoms with Crippen LogP contribution in [0.3, 0.4) is 0 Å². The molecule has 1 fully saturated rings. The Hall–Kier alpha value is -2.89. The first-order chi connectivity index (χ1) is 14.5. The second kappa shape index (κ2) is 8.86. The van der Waals surface area contributed by atoms with Crippen LogP contribution in [0.15, 0.2) is 42.5 Å². The van der Waals surface area contributed by atoms with Crippen molar-refractivity contribution >= 4 is 11.8 Å². The molecule has 1 atom stereocenters. The number of aryl methyl sites for hydroxylation is 1. The summed E-state index contributed by atoms with van der Waals surface area (Å²) in [4.78, 5) is 27.3. The van der Waals surface area contributed by atoms with Crippen LogP contribution < -0.4 is 10.1 Å². The highest BCUT2D eigenvalue weighted by Gasteiger charge is 2.33.